The van der Waals surface area contributed by atoms with Crippen LogP contribution in [0.25, 0.3) is 0 Å². The summed E-state index contributed by atoms with van der Waals surface area (Å²) < 4.78 is 35.8. The van der Waals surface area contributed by atoms with Crippen molar-refractivity contribution in [3.8, 4) is 28.7 Å². The molecule has 0 amide bonds. The van der Waals surface area contributed by atoms with Crippen molar-refractivity contribution in [2.45, 2.75) is 36.9 Å². The first-order valence-electron chi connectivity index (χ1n) is 11.8. The van der Waals surface area contributed by atoms with E-state index in [1.54, 1.807) is 28.4 Å². The molecular weight excluding hydrogens is 627 g/mol. The standard InChI is InChI=1S/C28H30ClIO6S/c1-31-23-13-17(12-20(30)27(23)36-26(37)11-16-5-7-19(29)8-6-16)21-9-10-22(35-21)18-14-24(32-2)28(34-4)25(15-18)33-3/h5-8,12-15,21-22,26,37H,9-11H2,1-4H3. The molecule has 4 rings (SSSR count). The van der Waals surface area contributed by atoms with Gasteiger partial charge in [0.05, 0.1) is 44.2 Å². The molecule has 0 radical (unpaired) electrons. The minimum atomic E-state index is -0.346. The predicted octanol–water partition coefficient (Wildman–Crippen LogP) is 7.45. The van der Waals surface area contributed by atoms with Crippen molar-refractivity contribution in [3.63, 3.8) is 0 Å². The van der Waals surface area contributed by atoms with Crippen LogP contribution in [0.5, 0.6) is 28.7 Å². The molecule has 1 saturated heterocycles. The lowest BCUT2D eigenvalue weighted by atomic mass is 10.0. The van der Waals surface area contributed by atoms with Gasteiger partial charge in [0.25, 0.3) is 0 Å². The van der Waals surface area contributed by atoms with Crippen molar-refractivity contribution in [1.29, 1.82) is 0 Å². The maximum absolute atomic E-state index is 6.49. The van der Waals surface area contributed by atoms with Crippen molar-refractivity contribution in [3.05, 3.63) is 73.8 Å². The Morgan fingerprint density at radius 2 is 1.35 bits per heavy atom. The molecule has 37 heavy (non-hydrogen) atoms. The van der Waals surface area contributed by atoms with Crippen LogP contribution in [0.4, 0.5) is 0 Å². The average Bonchev–Trinajstić information content (AvgIpc) is 3.40. The molecule has 198 valence electrons. The first kappa shape index (κ1) is 28.0. The van der Waals surface area contributed by atoms with Crippen molar-refractivity contribution in [1.82, 2.24) is 0 Å². The van der Waals surface area contributed by atoms with Gasteiger partial charge in [-0.05, 0) is 88.5 Å². The van der Waals surface area contributed by atoms with Crippen LogP contribution in [0.15, 0.2) is 48.5 Å². The second-order valence-corrected chi connectivity index (χ2v) is 10.8. The molecule has 0 bridgehead atoms. The van der Waals surface area contributed by atoms with Gasteiger partial charge in [0.1, 0.15) is 5.44 Å². The first-order valence-corrected chi connectivity index (χ1v) is 13.8. The number of methoxy groups -OCH3 is 4. The minimum absolute atomic E-state index is 0.0820. The molecule has 0 saturated carbocycles. The summed E-state index contributed by atoms with van der Waals surface area (Å²) in [4.78, 5) is 0. The molecule has 0 spiro atoms. The van der Waals surface area contributed by atoms with E-state index in [1.807, 2.05) is 42.5 Å². The summed E-state index contributed by atoms with van der Waals surface area (Å²) in [7, 11) is 6.46. The van der Waals surface area contributed by atoms with Crippen molar-refractivity contribution in [2.24, 2.45) is 0 Å². The summed E-state index contributed by atoms with van der Waals surface area (Å²) in [5.41, 5.74) is 2.77. The van der Waals surface area contributed by atoms with Crippen LogP contribution < -0.4 is 23.7 Å². The van der Waals surface area contributed by atoms with Gasteiger partial charge in [-0.2, -0.15) is 0 Å². The molecule has 1 aliphatic rings. The minimum Gasteiger partial charge on any atom is -0.493 e. The van der Waals surface area contributed by atoms with E-state index < -0.39 is 0 Å². The quantitative estimate of drug-likeness (QED) is 0.139. The number of benzene rings is 3. The molecule has 3 atom stereocenters. The average molecular weight is 657 g/mol. The fourth-order valence-corrected chi connectivity index (χ4v) is 5.65. The van der Waals surface area contributed by atoms with Crippen LogP contribution in [0.2, 0.25) is 5.02 Å². The first-order chi connectivity index (χ1) is 17.9. The highest BCUT2D eigenvalue weighted by atomic mass is 127. The molecular formula is C28H30ClIO6S. The van der Waals surface area contributed by atoms with E-state index in [4.69, 9.17) is 40.0 Å². The molecule has 0 N–H and O–H groups in total. The van der Waals surface area contributed by atoms with Crippen molar-refractivity contribution in [2.75, 3.05) is 28.4 Å². The Balaban J connectivity index is 1.50. The molecule has 0 aromatic heterocycles. The van der Waals surface area contributed by atoms with E-state index in [0.29, 0.717) is 40.2 Å². The normalized spacial score (nSPS) is 17.8. The zero-order chi connectivity index (χ0) is 26.5. The van der Waals surface area contributed by atoms with Gasteiger partial charge in [-0.3, -0.25) is 0 Å². The molecule has 6 nitrogen and oxygen atoms in total. The van der Waals surface area contributed by atoms with Gasteiger partial charge in [0, 0.05) is 11.4 Å². The van der Waals surface area contributed by atoms with Gasteiger partial charge in [0.2, 0.25) is 5.75 Å². The summed E-state index contributed by atoms with van der Waals surface area (Å²) in [6, 6.07) is 15.6. The lowest BCUT2D eigenvalue weighted by molar-refractivity contribution is 0.0436. The Labute approximate surface area is 242 Å². The number of halogens is 2. The van der Waals surface area contributed by atoms with Crippen LogP contribution in [0.1, 0.15) is 41.7 Å². The number of rotatable bonds is 10. The Morgan fingerprint density at radius 3 is 1.86 bits per heavy atom. The van der Waals surface area contributed by atoms with Crippen molar-refractivity contribution >= 4 is 46.8 Å². The van der Waals surface area contributed by atoms with Gasteiger partial charge in [0.15, 0.2) is 23.0 Å². The van der Waals surface area contributed by atoms with Crippen LogP contribution in [0, 0.1) is 3.57 Å². The second-order valence-electron chi connectivity index (χ2n) is 8.59. The summed E-state index contributed by atoms with van der Waals surface area (Å²) in [5, 5.41) is 0.703. The topological polar surface area (TPSA) is 55.4 Å². The summed E-state index contributed by atoms with van der Waals surface area (Å²) >= 11 is 12.9. The maximum atomic E-state index is 6.49. The third-order valence-electron chi connectivity index (χ3n) is 6.28. The van der Waals surface area contributed by atoms with E-state index in [9.17, 15) is 0 Å². The Hall–Kier alpha value is -2.01. The molecule has 9 heteroatoms. The largest absolute Gasteiger partial charge is 0.493 e. The highest BCUT2D eigenvalue weighted by molar-refractivity contribution is 14.1. The second kappa shape index (κ2) is 12.7. The zero-order valence-electron chi connectivity index (χ0n) is 21.1. The number of hydrogen-bond donors (Lipinski definition) is 1. The predicted molar refractivity (Wildman–Crippen MR) is 156 cm³/mol. The fourth-order valence-electron chi connectivity index (χ4n) is 4.45. The van der Waals surface area contributed by atoms with Crippen LogP contribution in [-0.2, 0) is 11.2 Å². The van der Waals surface area contributed by atoms with Crippen LogP contribution >= 0.6 is 46.8 Å². The molecule has 3 aromatic rings. The Kier molecular flexibility index (Phi) is 9.61. The molecule has 1 fully saturated rings. The highest BCUT2D eigenvalue weighted by Crippen LogP contribution is 2.47. The summed E-state index contributed by atoms with van der Waals surface area (Å²) in [6.45, 7) is 0. The lowest BCUT2D eigenvalue weighted by Gasteiger charge is -2.21. The van der Waals surface area contributed by atoms with Gasteiger partial charge in [-0.1, -0.05) is 23.7 Å². The van der Waals surface area contributed by atoms with E-state index in [1.165, 1.54) is 0 Å². The van der Waals surface area contributed by atoms with Gasteiger partial charge in [-0.25, -0.2) is 0 Å². The Morgan fingerprint density at radius 1 is 0.838 bits per heavy atom. The smallest absolute Gasteiger partial charge is 0.203 e. The van der Waals surface area contributed by atoms with E-state index in [2.05, 4.69) is 41.3 Å². The SMILES string of the molecule is COc1cc(C2CCC(c3cc(OC)c(OC)c(OC)c3)O2)cc(I)c1OC(S)Cc1ccc(Cl)cc1. The third-order valence-corrected chi connectivity index (χ3v) is 7.62. The molecule has 1 aliphatic heterocycles. The summed E-state index contributed by atoms with van der Waals surface area (Å²) in [5.74, 6) is 3.11. The lowest BCUT2D eigenvalue weighted by Crippen LogP contribution is -2.14. The zero-order valence-corrected chi connectivity index (χ0v) is 24.9. The van der Waals surface area contributed by atoms with E-state index in [-0.39, 0.29) is 17.6 Å². The molecule has 3 aromatic carbocycles. The summed E-state index contributed by atoms with van der Waals surface area (Å²) in [6.07, 6.45) is 2.18. The molecule has 0 aliphatic carbocycles. The number of ether oxygens (including phenoxy) is 6. The number of thiol groups is 1. The molecule has 1 heterocycles. The van der Waals surface area contributed by atoms with E-state index >= 15 is 0 Å². The monoisotopic (exact) mass is 656 g/mol. The van der Waals surface area contributed by atoms with Gasteiger partial charge < -0.3 is 28.4 Å². The fraction of sp³-hybridized carbons (Fsp3) is 0.357. The molecule has 3 unspecified atom stereocenters. The van der Waals surface area contributed by atoms with Gasteiger partial charge >= 0.3 is 0 Å². The van der Waals surface area contributed by atoms with Crippen LogP contribution in [0.3, 0.4) is 0 Å². The number of hydrogen-bond acceptors (Lipinski definition) is 7. The maximum Gasteiger partial charge on any atom is 0.203 e. The Bertz CT molecular complexity index is 1200. The van der Waals surface area contributed by atoms with Gasteiger partial charge in [-0.15, -0.1) is 12.6 Å². The van der Waals surface area contributed by atoms with Crippen molar-refractivity contribution < 1.29 is 28.4 Å². The highest BCUT2D eigenvalue weighted by Gasteiger charge is 2.31. The third kappa shape index (κ3) is 6.53. The van der Waals surface area contributed by atoms with Crippen LogP contribution in [-0.4, -0.2) is 33.9 Å². The van der Waals surface area contributed by atoms with E-state index in [0.717, 1.165) is 33.1 Å².